The van der Waals surface area contributed by atoms with Gasteiger partial charge in [-0.1, -0.05) is 39.3 Å². The minimum absolute atomic E-state index is 0.0134. The summed E-state index contributed by atoms with van der Waals surface area (Å²) in [5.74, 6) is 0.427. The smallest absolute Gasteiger partial charge is 0.227 e. The van der Waals surface area contributed by atoms with Crippen LogP contribution in [0.1, 0.15) is 68.9 Å². The number of rotatable bonds is 6. The van der Waals surface area contributed by atoms with Crippen molar-refractivity contribution in [2.24, 2.45) is 0 Å². The highest BCUT2D eigenvalue weighted by atomic mass is 35.5. The zero-order valence-corrected chi connectivity index (χ0v) is 27.7. The van der Waals surface area contributed by atoms with Crippen molar-refractivity contribution in [1.82, 2.24) is 9.97 Å². The Morgan fingerprint density at radius 3 is 2.64 bits per heavy atom. The van der Waals surface area contributed by atoms with Crippen LogP contribution in [0.25, 0.3) is 11.3 Å². The zero-order valence-electron chi connectivity index (χ0n) is 25.9. The van der Waals surface area contributed by atoms with Gasteiger partial charge in [0.1, 0.15) is 0 Å². The van der Waals surface area contributed by atoms with E-state index in [1.807, 2.05) is 25.1 Å². The average Bonchev–Trinajstić information content (AvgIpc) is 3.53. The molecule has 1 unspecified atom stereocenters. The first-order chi connectivity index (χ1) is 19.6. The molecule has 1 N–H and O–H groups in total. The van der Waals surface area contributed by atoms with E-state index in [-0.39, 0.29) is 16.4 Å². The maximum atomic E-state index is 12.1. The van der Waals surface area contributed by atoms with Crippen molar-refractivity contribution < 1.29 is 9.22 Å². The standard InChI is InChI=1S/C33H40ClN5O2Si/c1-20-24-11-14-39(21(2)40)30(24)27(34)17-29(20)38-31-36-13-10-28(37-31)22-15-23(18-35)25-9-12-33(6,26(25)16-22)19-41-42(7,8)32(3,4)5/h10,13,15-17H,9,11-12,14,19H2,1-8H3,(H,36,37,38). The molecule has 1 amide bonds. The third-order valence-corrected chi connectivity index (χ3v) is 14.3. The number of nitrogens with zero attached hydrogens (tertiary/aromatic N) is 4. The van der Waals surface area contributed by atoms with Crippen molar-refractivity contribution in [2.75, 3.05) is 23.4 Å². The molecule has 0 fully saturated rings. The van der Waals surface area contributed by atoms with Gasteiger partial charge in [-0.2, -0.15) is 5.26 Å². The first-order valence-corrected chi connectivity index (χ1v) is 17.9. The minimum Gasteiger partial charge on any atom is -0.416 e. The first-order valence-electron chi connectivity index (χ1n) is 14.6. The van der Waals surface area contributed by atoms with Gasteiger partial charge in [-0.15, -0.1) is 0 Å². The molecule has 0 bridgehead atoms. The number of amides is 1. The summed E-state index contributed by atoms with van der Waals surface area (Å²) in [5.41, 5.74) is 8.14. The van der Waals surface area contributed by atoms with Crippen LogP contribution in [0, 0.1) is 18.3 Å². The molecule has 0 radical (unpaired) electrons. The molecule has 1 aromatic heterocycles. The highest BCUT2D eigenvalue weighted by molar-refractivity contribution is 6.74. The largest absolute Gasteiger partial charge is 0.416 e. The van der Waals surface area contributed by atoms with Gasteiger partial charge in [0.2, 0.25) is 11.9 Å². The lowest BCUT2D eigenvalue weighted by Crippen LogP contribution is -2.44. The Kier molecular flexibility index (Phi) is 7.76. The van der Waals surface area contributed by atoms with E-state index in [4.69, 9.17) is 21.0 Å². The van der Waals surface area contributed by atoms with Crippen LogP contribution in [0.2, 0.25) is 23.2 Å². The molecule has 0 spiro atoms. The van der Waals surface area contributed by atoms with E-state index in [0.29, 0.717) is 29.7 Å². The molecule has 3 aromatic rings. The highest BCUT2D eigenvalue weighted by Crippen LogP contribution is 2.45. The number of hydrogen-bond donors (Lipinski definition) is 1. The van der Waals surface area contributed by atoms with E-state index in [0.717, 1.165) is 58.6 Å². The molecule has 2 aliphatic rings. The number of fused-ring (bicyclic) bond motifs is 2. The number of nitrogens with one attached hydrogen (secondary N) is 1. The molecule has 0 saturated carbocycles. The van der Waals surface area contributed by atoms with Crippen LogP contribution in [-0.4, -0.2) is 37.3 Å². The van der Waals surface area contributed by atoms with Gasteiger partial charge in [0, 0.05) is 42.9 Å². The molecule has 1 atom stereocenters. The summed E-state index contributed by atoms with van der Waals surface area (Å²) in [7, 11) is -1.93. The fourth-order valence-electron chi connectivity index (χ4n) is 5.83. The summed E-state index contributed by atoms with van der Waals surface area (Å²) >= 11 is 6.66. The second-order valence-electron chi connectivity index (χ2n) is 13.4. The van der Waals surface area contributed by atoms with Gasteiger partial charge < -0.3 is 14.6 Å². The number of carbonyl (C=O) groups is 1. The number of aromatic nitrogens is 2. The fraction of sp³-hybridized carbons (Fsp3) is 0.455. The molecule has 2 aromatic carbocycles. The Labute approximate surface area is 255 Å². The molecule has 42 heavy (non-hydrogen) atoms. The van der Waals surface area contributed by atoms with E-state index in [1.165, 1.54) is 5.56 Å². The summed E-state index contributed by atoms with van der Waals surface area (Å²) in [6.07, 6.45) is 4.29. The quantitative estimate of drug-likeness (QED) is 0.289. The van der Waals surface area contributed by atoms with E-state index < -0.39 is 8.32 Å². The van der Waals surface area contributed by atoms with Crippen molar-refractivity contribution in [2.45, 2.75) is 84.4 Å². The summed E-state index contributed by atoms with van der Waals surface area (Å²) in [5, 5.41) is 14.1. The Bertz CT molecular complexity index is 1620. The summed E-state index contributed by atoms with van der Waals surface area (Å²) in [4.78, 5) is 23.2. The second kappa shape index (κ2) is 10.8. The molecule has 220 valence electrons. The van der Waals surface area contributed by atoms with Crippen molar-refractivity contribution in [3.8, 4) is 17.3 Å². The van der Waals surface area contributed by atoms with Gasteiger partial charge in [0.25, 0.3) is 0 Å². The summed E-state index contributed by atoms with van der Waals surface area (Å²) < 4.78 is 6.70. The molecular weight excluding hydrogens is 562 g/mol. The predicted molar refractivity (Wildman–Crippen MR) is 172 cm³/mol. The maximum Gasteiger partial charge on any atom is 0.227 e. The van der Waals surface area contributed by atoms with Crippen LogP contribution in [-0.2, 0) is 27.5 Å². The van der Waals surface area contributed by atoms with Crippen molar-refractivity contribution in [3.63, 3.8) is 0 Å². The lowest BCUT2D eigenvalue weighted by Gasteiger charge is -2.39. The lowest BCUT2D eigenvalue weighted by molar-refractivity contribution is -0.116. The van der Waals surface area contributed by atoms with Gasteiger partial charge in [-0.3, -0.25) is 4.79 Å². The van der Waals surface area contributed by atoms with Crippen molar-refractivity contribution in [3.05, 3.63) is 63.3 Å². The first kappa shape index (κ1) is 30.2. The van der Waals surface area contributed by atoms with Crippen LogP contribution in [0.3, 0.4) is 0 Å². The molecule has 5 rings (SSSR count). The van der Waals surface area contributed by atoms with Crippen molar-refractivity contribution in [1.29, 1.82) is 5.26 Å². The second-order valence-corrected chi connectivity index (χ2v) is 18.7. The Morgan fingerprint density at radius 2 is 1.98 bits per heavy atom. The van der Waals surface area contributed by atoms with E-state index in [1.54, 1.807) is 18.0 Å². The Balaban J connectivity index is 1.47. The number of hydrogen-bond acceptors (Lipinski definition) is 6. The van der Waals surface area contributed by atoms with E-state index in [2.05, 4.69) is 63.2 Å². The molecule has 2 heterocycles. The van der Waals surface area contributed by atoms with Gasteiger partial charge in [-0.25, -0.2) is 9.97 Å². The predicted octanol–water partition coefficient (Wildman–Crippen LogP) is 7.86. The number of benzene rings is 2. The normalized spacial score (nSPS) is 18.0. The fourth-order valence-corrected chi connectivity index (χ4v) is 7.27. The summed E-state index contributed by atoms with van der Waals surface area (Å²) in [6, 6.07) is 10.3. The van der Waals surface area contributed by atoms with Gasteiger partial charge >= 0.3 is 0 Å². The SMILES string of the molecule is CC(=O)N1CCc2c(C)c(Nc3nccc(-c4cc(C#N)c5c(c4)C(C)(CO[Si](C)(C)C(C)(C)C)CC5)n3)cc(Cl)c21. The molecular formula is C33H40ClN5O2Si. The Hall–Kier alpha value is -3.25. The average molecular weight is 602 g/mol. The van der Waals surface area contributed by atoms with Gasteiger partial charge in [0.05, 0.1) is 28.0 Å². The van der Waals surface area contributed by atoms with Crippen molar-refractivity contribution >= 4 is 43.1 Å². The van der Waals surface area contributed by atoms with Gasteiger partial charge in [0.15, 0.2) is 8.32 Å². The van der Waals surface area contributed by atoms with Crippen LogP contribution in [0.15, 0.2) is 30.5 Å². The molecule has 0 saturated heterocycles. The Morgan fingerprint density at radius 1 is 1.24 bits per heavy atom. The molecule has 7 nitrogen and oxygen atoms in total. The number of carbonyl (C=O) groups excluding carboxylic acids is 1. The third-order valence-electron chi connectivity index (χ3n) is 9.58. The summed E-state index contributed by atoms with van der Waals surface area (Å²) in [6.45, 7) is 18.5. The van der Waals surface area contributed by atoms with E-state index in [9.17, 15) is 10.1 Å². The molecule has 1 aliphatic heterocycles. The lowest BCUT2D eigenvalue weighted by atomic mass is 9.83. The van der Waals surface area contributed by atoms with Crippen LogP contribution < -0.4 is 10.2 Å². The number of nitriles is 1. The van der Waals surface area contributed by atoms with Crippen LogP contribution in [0.4, 0.5) is 17.3 Å². The monoisotopic (exact) mass is 601 g/mol. The topological polar surface area (TPSA) is 91.1 Å². The number of halogens is 1. The van der Waals surface area contributed by atoms with Gasteiger partial charge in [-0.05, 0) is 90.8 Å². The van der Waals surface area contributed by atoms with Crippen LogP contribution in [0.5, 0.6) is 0 Å². The molecule has 1 aliphatic carbocycles. The highest BCUT2D eigenvalue weighted by Gasteiger charge is 2.42. The third kappa shape index (κ3) is 5.34. The maximum absolute atomic E-state index is 12.1. The molecule has 9 heteroatoms. The van der Waals surface area contributed by atoms with E-state index >= 15 is 0 Å². The zero-order chi connectivity index (χ0) is 30.6. The number of anilines is 3. The van der Waals surface area contributed by atoms with Crippen LogP contribution >= 0.6 is 11.6 Å². The minimum atomic E-state index is -1.93.